The molecule has 0 bridgehead atoms. The van der Waals surface area contributed by atoms with E-state index in [4.69, 9.17) is 9.47 Å². The van der Waals surface area contributed by atoms with Crippen LogP contribution >= 0.6 is 15.9 Å². The van der Waals surface area contributed by atoms with Crippen molar-refractivity contribution in [3.05, 3.63) is 58.1 Å². The molecule has 0 heterocycles. The summed E-state index contributed by atoms with van der Waals surface area (Å²) in [6.07, 6.45) is 0. The van der Waals surface area contributed by atoms with Crippen molar-refractivity contribution in [2.24, 2.45) is 0 Å². The van der Waals surface area contributed by atoms with Gasteiger partial charge in [-0.1, -0.05) is 18.2 Å². The zero-order chi connectivity index (χ0) is 15.1. The van der Waals surface area contributed by atoms with Gasteiger partial charge < -0.3 is 14.8 Å². The summed E-state index contributed by atoms with van der Waals surface area (Å²) in [6.45, 7) is 4.30. The maximum atomic E-state index is 5.50. The van der Waals surface area contributed by atoms with Crippen LogP contribution in [0.1, 0.15) is 18.1 Å². The third kappa shape index (κ3) is 4.76. The minimum Gasteiger partial charge on any atom is -0.496 e. The van der Waals surface area contributed by atoms with Gasteiger partial charge in [0.25, 0.3) is 0 Å². The number of hydrogen-bond acceptors (Lipinski definition) is 3. The molecule has 0 radical (unpaired) electrons. The lowest BCUT2D eigenvalue weighted by Gasteiger charge is -2.09. The average Bonchev–Trinajstić information content (AvgIpc) is 2.48. The first-order chi connectivity index (χ1) is 10.2. The van der Waals surface area contributed by atoms with Gasteiger partial charge in [0.15, 0.2) is 0 Å². The molecule has 0 fully saturated rings. The van der Waals surface area contributed by atoms with E-state index in [1.54, 1.807) is 7.11 Å². The Kier molecular flexibility index (Phi) is 6.08. The van der Waals surface area contributed by atoms with E-state index in [9.17, 15) is 0 Å². The van der Waals surface area contributed by atoms with Gasteiger partial charge in [-0.25, -0.2) is 0 Å². The molecule has 112 valence electrons. The van der Waals surface area contributed by atoms with Crippen LogP contribution < -0.4 is 14.8 Å². The summed E-state index contributed by atoms with van der Waals surface area (Å²) in [6, 6.07) is 14.3. The minimum absolute atomic E-state index is 0.691. The molecule has 3 nitrogen and oxygen atoms in total. The summed E-state index contributed by atoms with van der Waals surface area (Å²) in [5.41, 5.74) is 2.43. The van der Waals surface area contributed by atoms with E-state index in [0.29, 0.717) is 6.61 Å². The molecule has 2 rings (SSSR count). The minimum atomic E-state index is 0.691. The van der Waals surface area contributed by atoms with Crippen molar-refractivity contribution in [3.8, 4) is 11.5 Å². The zero-order valence-corrected chi connectivity index (χ0v) is 13.9. The van der Waals surface area contributed by atoms with E-state index in [2.05, 4.69) is 45.5 Å². The summed E-state index contributed by atoms with van der Waals surface area (Å²) < 4.78 is 11.7. The summed E-state index contributed by atoms with van der Waals surface area (Å²) >= 11 is 3.50. The summed E-state index contributed by atoms with van der Waals surface area (Å²) in [7, 11) is 1.67. The van der Waals surface area contributed by atoms with E-state index in [0.717, 1.165) is 29.1 Å². The monoisotopic (exact) mass is 349 g/mol. The van der Waals surface area contributed by atoms with Gasteiger partial charge in [0, 0.05) is 13.1 Å². The normalized spacial score (nSPS) is 10.4. The first kappa shape index (κ1) is 15.9. The van der Waals surface area contributed by atoms with Crippen molar-refractivity contribution >= 4 is 15.9 Å². The van der Waals surface area contributed by atoms with Crippen LogP contribution in [0.4, 0.5) is 0 Å². The molecule has 0 spiro atoms. The Morgan fingerprint density at radius 1 is 1.05 bits per heavy atom. The standard InChI is InChI=1S/C17H20BrNO2/c1-3-21-15-6-4-5-13(9-15)11-19-12-14-7-8-17(20-2)16(18)10-14/h4-10,19H,3,11-12H2,1-2H3. The van der Waals surface area contributed by atoms with Gasteiger partial charge in [-0.3, -0.25) is 0 Å². The Morgan fingerprint density at radius 3 is 2.48 bits per heavy atom. The van der Waals surface area contributed by atoms with Gasteiger partial charge in [-0.15, -0.1) is 0 Å². The highest BCUT2D eigenvalue weighted by Crippen LogP contribution is 2.25. The molecule has 4 heteroatoms. The highest BCUT2D eigenvalue weighted by Gasteiger charge is 2.02. The molecular formula is C17H20BrNO2. The summed E-state index contributed by atoms with van der Waals surface area (Å²) in [5, 5.41) is 3.43. The van der Waals surface area contributed by atoms with Crippen LogP contribution in [0.25, 0.3) is 0 Å². The molecule has 0 aliphatic carbocycles. The van der Waals surface area contributed by atoms with Crippen molar-refractivity contribution in [2.75, 3.05) is 13.7 Å². The Hall–Kier alpha value is -1.52. The van der Waals surface area contributed by atoms with Crippen molar-refractivity contribution in [1.82, 2.24) is 5.32 Å². The lowest BCUT2D eigenvalue weighted by atomic mass is 10.2. The molecule has 1 N–H and O–H groups in total. The molecule has 0 atom stereocenters. The van der Waals surface area contributed by atoms with E-state index < -0.39 is 0 Å². The number of rotatable bonds is 7. The van der Waals surface area contributed by atoms with E-state index in [1.807, 2.05) is 25.1 Å². The highest BCUT2D eigenvalue weighted by molar-refractivity contribution is 9.10. The maximum Gasteiger partial charge on any atom is 0.133 e. The molecule has 2 aromatic carbocycles. The first-order valence-electron chi connectivity index (χ1n) is 6.97. The van der Waals surface area contributed by atoms with Crippen molar-refractivity contribution < 1.29 is 9.47 Å². The molecule has 21 heavy (non-hydrogen) atoms. The average molecular weight is 350 g/mol. The largest absolute Gasteiger partial charge is 0.496 e. The van der Waals surface area contributed by atoms with Crippen LogP contribution in [-0.2, 0) is 13.1 Å². The number of benzene rings is 2. The smallest absolute Gasteiger partial charge is 0.133 e. The zero-order valence-electron chi connectivity index (χ0n) is 12.4. The van der Waals surface area contributed by atoms with Gasteiger partial charge in [0.2, 0.25) is 0 Å². The van der Waals surface area contributed by atoms with Gasteiger partial charge in [0.05, 0.1) is 18.2 Å². The van der Waals surface area contributed by atoms with E-state index in [1.165, 1.54) is 11.1 Å². The quantitative estimate of drug-likeness (QED) is 0.814. The fraction of sp³-hybridized carbons (Fsp3) is 0.294. The molecule has 0 saturated carbocycles. The predicted molar refractivity (Wildman–Crippen MR) is 88.8 cm³/mol. The Morgan fingerprint density at radius 2 is 1.81 bits per heavy atom. The molecule has 0 aliphatic heterocycles. The predicted octanol–water partition coefficient (Wildman–Crippen LogP) is 4.15. The number of ether oxygens (including phenoxy) is 2. The summed E-state index contributed by atoms with van der Waals surface area (Å²) in [4.78, 5) is 0. The lowest BCUT2D eigenvalue weighted by Crippen LogP contribution is -2.12. The van der Waals surface area contributed by atoms with Crippen LogP contribution in [0.15, 0.2) is 46.9 Å². The number of halogens is 1. The molecule has 0 aromatic heterocycles. The number of nitrogens with one attached hydrogen (secondary N) is 1. The van der Waals surface area contributed by atoms with Crippen LogP contribution in [0.2, 0.25) is 0 Å². The van der Waals surface area contributed by atoms with E-state index in [-0.39, 0.29) is 0 Å². The second kappa shape index (κ2) is 8.05. The molecule has 2 aromatic rings. The third-order valence-electron chi connectivity index (χ3n) is 3.08. The molecular weight excluding hydrogens is 330 g/mol. The molecule has 0 aliphatic rings. The van der Waals surface area contributed by atoms with Gasteiger partial charge >= 0.3 is 0 Å². The van der Waals surface area contributed by atoms with Crippen LogP contribution in [0.3, 0.4) is 0 Å². The Bertz CT molecular complexity index is 587. The molecule has 0 amide bonds. The lowest BCUT2D eigenvalue weighted by molar-refractivity contribution is 0.340. The maximum absolute atomic E-state index is 5.50. The van der Waals surface area contributed by atoms with Crippen molar-refractivity contribution in [2.45, 2.75) is 20.0 Å². The summed E-state index contributed by atoms with van der Waals surface area (Å²) in [5.74, 6) is 1.77. The van der Waals surface area contributed by atoms with Crippen LogP contribution in [0, 0.1) is 0 Å². The van der Waals surface area contributed by atoms with Gasteiger partial charge in [-0.2, -0.15) is 0 Å². The third-order valence-corrected chi connectivity index (χ3v) is 3.70. The van der Waals surface area contributed by atoms with Crippen molar-refractivity contribution in [3.63, 3.8) is 0 Å². The van der Waals surface area contributed by atoms with Crippen molar-refractivity contribution in [1.29, 1.82) is 0 Å². The first-order valence-corrected chi connectivity index (χ1v) is 7.77. The van der Waals surface area contributed by atoms with Gasteiger partial charge in [-0.05, 0) is 58.2 Å². The topological polar surface area (TPSA) is 30.5 Å². The Labute approximate surface area is 134 Å². The molecule has 0 unspecified atom stereocenters. The highest BCUT2D eigenvalue weighted by atomic mass is 79.9. The molecule has 0 saturated heterocycles. The van der Waals surface area contributed by atoms with Gasteiger partial charge in [0.1, 0.15) is 11.5 Å². The second-order valence-corrected chi connectivity index (χ2v) is 5.51. The Balaban J connectivity index is 1.89. The number of methoxy groups -OCH3 is 1. The fourth-order valence-electron chi connectivity index (χ4n) is 2.08. The number of hydrogen-bond donors (Lipinski definition) is 1. The van der Waals surface area contributed by atoms with E-state index >= 15 is 0 Å². The SMILES string of the molecule is CCOc1cccc(CNCc2ccc(OC)c(Br)c2)c1. The fourth-order valence-corrected chi connectivity index (χ4v) is 2.67. The van der Waals surface area contributed by atoms with Crippen LogP contribution in [0.5, 0.6) is 11.5 Å². The van der Waals surface area contributed by atoms with Crippen LogP contribution in [-0.4, -0.2) is 13.7 Å². The second-order valence-electron chi connectivity index (χ2n) is 4.65.